The second-order valence-corrected chi connectivity index (χ2v) is 4.97. The fourth-order valence-corrected chi connectivity index (χ4v) is 2.85. The van der Waals surface area contributed by atoms with Crippen LogP contribution >= 0.6 is 0 Å². The summed E-state index contributed by atoms with van der Waals surface area (Å²) in [6.45, 7) is 0. The number of rotatable bonds is 0. The summed E-state index contributed by atoms with van der Waals surface area (Å²) in [6.07, 6.45) is 8.23. The predicted molar refractivity (Wildman–Crippen MR) is 83.0 cm³/mol. The summed E-state index contributed by atoms with van der Waals surface area (Å²) in [7, 11) is 0. The SMILES string of the molecule is NC1=CC=CN2C1=c1ccccc1=Cc1ccccc12. The fourth-order valence-electron chi connectivity index (χ4n) is 2.85. The number of hydrogen-bond donors (Lipinski definition) is 1. The third-order valence-corrected chi connectivity index (χ3v) is 3.75. The molecule has 20 heavy (non-hydrogen) atoms. The smallest absolute Gasteiger partial charge is 0.0765 e. The molecule has 2 nitrogen and oxygen atoms in total. The Labute approximate surface area is 117 Å². The second kappa shape index (κ2) is 4.14. The minimum Gasteiger partial charge on any atom is -0.397 e. The minimum atomic E-state index is 0.796. The normalized spacial score (nSPS) is 15.5. The van der Waals surface area contributed by atoms with Gasteiger partial charge in [0.15, 0.2) is 0 Å². The Bertz CT molecular complexity index is 872. The molecule has 0 unspecified atom stereocenters. The highest BCUT2D eigenvalue weighted by Gasteiger charge is 2.19. The average Bonchev–Trinajstić information content (AvgIpc) is 2.62. The second-order valence-electron chi connectivity index (χ2n) is 4.97. The zero-order valence-corrected chi connectivity index (χ0v) is 11.0. The molecule has 0 amide bonds. The first-order valence-electron chi connectivity index (χ1n) is 6.68. The first kappa shape index (κ1) is 11.1. The van der Waals surface area contributed by atoms with Gasteiger partial charge in [-0.2, -0.15) is 0 Å². The topological polar surface area (TPSA) is 29.3 Å². The molecular weight excluding hydrogens is 244 g/mol. The molecule has 4 rings (SSSR count). The van der Waals surface area contributed by atoms with Crippen LogP contribution in [0.15, 0.2) is 72.6 Å². The van der Waals surface area contributed by atoms with Gasteiger partial charge in [-0.15, -0.1) is 0 Å². The van der Waals surface area contributed by atoms with Gasteiger partial charge < -0.3 is 10.6 Å². The van der Waals surface area contributed by atoms with Crippen molar-refractivity contribution in [3.05, 3.63) is 88.6 Å². The van der Waals surface area contributed by atoms with Crippen molar-refractivity contribution in [1.82, 2.24) is 0 Å². The lowest BCUT2D eigenvalue weighted by Gasteiger charge is -2.27. The number of hydrogen-bond acceptors (Lipinski definition) is 2. The first-order valence-corrected chi connectivity index (χ1v) is 6.68. The van der Waals surface area contributed by atoms with Gasteiger partial charge in [-0.25, -0.2) is 0 Å². The molecule has 0 bridgehead atoms. The number of anilines is 1. The molecule has 0 saturated carbocycles. The number of fused-ring (bicyclic) bond motifs is 4. The van der Waals surface area contributed by atoms with Crippen molar-refractivity contribution < 1.29 is 0 Å². The summed E-state index contributed by atoms with van der Waals surface area (Å²) in [4.78, 5) is 2.17. The third kappa shape index (κ3) is 1.51. The highest BCUT2D eigenvalue weighted by molar-refractivity contribution is 5.87. The maximum absolute atomic E-state index is 6.25. The number of para-hydroxylation sites is 1. The molecule has 0 atom stereocenters. The van der Waals surface area contributed by atoms with Crippen LogP contribution in [0, 0.1) is 0 Å². The minimum absolute atomic E-state index is 0.796. The summed E-state index contributed by atoms with van der Waals surface area (Å²) < 4.78 is 0. The molecule has 2 aliphatic heterocycles. The lowest BCUT2D eigenvalue weighted by atomic mass is 10.1. The Hall–Kier alpha value is -2.74. The lowest BCUT2D eigenvalue weighted by molar-refractivity contribution is 1.21. The summed E-state index contributed by atoms with van der Waals surface area (Å²) >= 11 is 0. The van der Waals surface area contributed by atoms with Gasteiger partial charge >= 0.3 is 0 Å². The van der Waals surface area contributed by atoms with Crippen LogP contribution in [-0.4, -0.2) is 0 Å². The average molecular weight is 258 g/mol. The van der Waals surface area contributed by atoms with Crippen molar-refractivity contribution in [2.75, 3.05) is 4.90 Å². The van der Waals surface area contributed by atoms with E-state index in [1.807, 2.05) is 12.2 Å². The van der Waals surface area contributed by atoms with E-state index in [1.165, 1.54) is 16.0 Å². The molecule has 2 heteroatoms. The van der Waals surface area contributed by atoms with Crippen molar-refractivity contribution >= 4 is 17.5 Å². The number of nitrogens with zero attached hydrogens (tertiary/aromatic N) is 1. The van der Waals surface area contributed by atoms with E-state index in [0.717, 1.165) is 17.1 Å². The van der Waals surface area contributed by atoms with Crippen LogP contribution in [-0.2, 0) is 0 Å². The van der Waals surface area contributed by atoms with Gasteiger partial charge in [-0.3, -0.25) is 0 Å². The molecule has 2 heterocycles. The Balaban J connectivity index is 2.20. The summed E-state index contributed by atoms with van der Waals surface area (Å²) in [6, 6.07) is 16.8. The Kier molecular flexibility index (Phi) is 2.30. The van der Waals surface area contributed by atoms with E-state index in [0.29, 0.717) is 0 Å². The van der Waals surface area contributed by atoms with E-state index < -0.39 is 0 Å². The van der Waals surface area contributed by atoms with E-state index in [4.69, 9.17) is 5.73 Å². The predicted octanol–water partition coefficient (Wildman–Crippen LogP) is 1.81. The van der Waals surface area contributed by atoms with E-state index in [9.17, 15) is 0 Å². The number of nitrogens with two attached hydrogens (primary N) is 1. The monoisotopic (exact) mass is 258 g/mol. The van der Waals surface area contributed by atoms with E-state index in [2.05, 4.69) is 65.7 Å². The van der Waals surface area contributed by atoms with Crippen LogP contribution in [0.3, 0.4) is 0 Å². The van der Waals surface area contributed by atoms with E-state index in [-0.39, 0.29) is 0 Å². The molecule has 2 N–H and O–H groups in total. The number of benzene rings is 2. The summed E-state index contributed by atoms with van der Waals surface area (Å²) in [5, 5.41) is 2.37. The molecular formula is C18H14N2. The molecule has 2 aliphatic rings. The van der Waals surface area contributed by atoms with Gasteiger partial charge in [0.1, 0.15) is 0 Å². The highest BCUT2D eigenvalue weighted by Crippen LogP contribution is 2.30. The van der Waals surface area contributed by atoms with Crippen LogP contribution in [0.4, 0.5) is 5.69 Å². The highest BCUT2D eigenvalue weighted by atomic mass is 15.1. The third-order valence-electron chi connectivity index (χ3n) is 3.75. The zero-order chi connectivity index (χ0) is 13.5. The molecule has 2 aromatic rings. The number of allylic oxidation sites excluding steroid dienone is 2. The first-order chi connectivity index (χ1) is 9.84. The van der Waals surface area contributed by atoms with Crippen molar-refractivity contribution in [2.24, 2.45) is 5.73 Å². The van der Waals surface area contributed by atoms with Crippen LogP contribution in [0.2, 0.25) is 0 Å². The van der Waals surface area contributed by atoms with Crippen molar-refractivity contribution in [1.29, 1.82) is 0 Å². The molecule has 0 spiro atoms. The van der Waals surface area contributed by atoms with Crippen LogP contribution < -0.4 is 21.1 Å². The largest absolute Gasteiger partial charge is 0.397 e. The maximum Gasteiger partial charge on any atom is 0.0765 e. The molecule has 0 aliphatic carbocycles. The van der Waals surface area contributed by atoms with Gasteiger partial charge in [-0.05, 0) is 35.1 Å². The van der Waals surface area contributed by atoms with Crippen LogP contribution in [0.25, 0.3) is 11.8 Å². The van der Waals surface area contributed by atoms with Gasteiger partial charge in [0.05, 0.1) is 17.1 Å². The molecule has 0 radical (unpaired) electrons. The molecule has 0 saturated heterocycles. The van der Waals surface area contributed by atoms with Gasteiger partial charge in [0.25, 0.3) is 0 Å². The summed E-state index contributed by atoms with van der Waals surface area (Å²) in [5.74, 6) is 0. The molecule has 0 fully saturated rings. The van der Waals surface area contributed by atoms with Gasteiger partial charge in [-0.1, -0.05) is 42.5 Å². The fraction of sp³-hybridized carbons (Fsp3) is 0. The van der Waals surface area contributed by atoms with E-state index in [1.54, 1.807) is 0 Å². The zero-order valence-electron chi connectivity index (χ0n) is 11.0. The van der Waals surface area contributed by atoms with Crippen molar-refractivity contribution in [3.8, 4) is 0 Å². The quantitative estimate of drug-likeness (QED) is 0.781. The summed E-state index contributed by atoms with van der Waals surface area (Å²) in [5.41, 5.74) is 10.5. The van der Waals surface area contributed by atoms with E-state index >= 15 is 0 Å². The maximum atomic E-state index is 6.25. The van der Waals surface area contributed by atoms with Crippen LogP contribution in [0.5, 0.6) is 0 Å². The standard InChI is InChI=1S/C18H14N2/c19-16-9-5-11-20-17-10-4-2-7-14(17)12-13-6-1-3-8-15(13)18(16)20/h1-12H,19H2. The lowest BCUT2D eigenvalue weighted by Crippen LogP contribution is -2.34. The Morgan fingerprint density at radius 2 is 1.70 bits per heavy atom. The van der Waals surface area contributed by atoms with Gasteiger partial charge in [0.2, 0.25) is 0 Å². The van der Waals surface area contributed by atoms with Crippen LogP contribution in [0.1, 0.15) is 5.56 Å². The van der Waals surface area contributed by atoms with Crippen molar-refractivity contribution in [2.45, 2.75) is 0 Å². The molecule has 0 aromatic heterocycles. The Morgan fingerprint density at radius 1 is 0.900 bits per heavy atom. The molecule has 96 valence electrons. The van der Waals surface area contributed by atoms with Crippen molar-refractivity contribution in [3.63, 3.8) is 0 Å². The Morgan fingerprint density at radius 3 is 2.65 bits per heavy atom. The molecule has 2 aromatic carbocycles. The van der Waals surface area contributed by atoms with Gasteiger partial charge in [0, 0.05) is 11.4 Å².